The molecule has 1 heterocycles. The average Bonchev–Trinajstić information content (AvgIpc) is 3.20. The summed E-state index contributed by atoms with van der Waals surface area (Å²) in [6, 6.07) is 8.50. The summed E-state index contributed by atoms with van der Waals surface area (Å²) < 4.78 is 5.23. The smallest absolute Gasteiger partial charge is 0.118 e. The van der Waals surface area contributed by atoms with Crippen molar-refractivity contribution in [2.45, 2.75) is 19.4 Å². The third-order valence-electron chi connectivity index (χ3n) is 5.94. The van der Waals surface area contributed by atoms with Gasteiger partial charge in [-0.15, -0.1) is 0 Å². The van der Waals surface area contributed by atoms with Crippen molar-refractivity contribution < 1.29 is 4.74 Å². The maximum absolute atomic E-state index is 5.23. The Morgan fingerprint density at radius 2 is 1.70 bits per heavy atom. The molecule has 0 N–H and O–H groups in total. The van der Waals surface area contributed by atoms with Gasteiger partial charge in [0.15, 0.2) is 0 Å². The number of ether oxygens (including phenoxy) is 1. The standard InChI is InChI=1S/C20H28N2O/c1-23-20-6-3-16(4-7-20)14-21-8-10-22(11-9-21)15-19-13-17-2-5-18(19)12-17/h2-7,17-19H,8-15H2,1H3/t17-,18+,19+/m1/s1. The van der Waals surface area contributed by atoms with Gasteiger partial charge in [-0.3, -0.25) is 4.90 Å². The largest absolute Gasteiger partial charge is 0.497 e. The highest BCUT2D eigenvalue weighted by Crippen LogP contribution is 2.43. The molecule has 3 aliphatic rings. The van der Waals surface area contributed by atoms with E-state index in [2.05, 4.69) is 46.2 Å². The van der Waals surface area contributed by atoms with Crippen LogP contribution in [0.15, 0.2) is 36.4 Å². The molecule has 0 amide bonds. The van der Waals surface area contributed by atoms with Gasteiger partial charge in [0.1, 0.15) is 5.75 Å². The summed E-state index contributed by atoms with van der Waals surface area (Å²) in [5.41, 5.74) is 1.39. The molecule has 0 aromatic heterocycles. The molecule has 2 bridgehead atoms. The van der Waals surface area contributed by atoms with Crippen molar-refractivity contribution in [2.75, 3.05) is 39.8 Å². The van der Waals surface area contributed by atoms with Crippen LogP contribution < -0.4 is 4.74 Å². The van der Waals surface area contributed by atoms with Crippen LogP contribution in [0.5, 0.6) is 5.75 Å². The third kappa shape index (κ3) is 3.46. The van der Waals surface area contributed by atoms with Gasteiger partial charge in [-0.25, -0.2) is 0 Å². The molecule has 1 aromatic carbocycles. The second-order valence-electron chi connectivity index (χ2n) is 7.47. The van der Waals surface area contributed by atoms with Gasteiger partial charge in [0, 0.05) is 39.3 Å². The van der Waals surface area contributed by atoms with Crippen LogP contribution in [0.25, 0.3) is 0 Å². The number of hydrogen-bond donors (Lipinski definition) is 0. The van der Waals surface area contributed by atoms with Crippen molar-refractivity contribution in [3.8, 4) is 5.75 Å². The van der Waals surface area contributed by atoms with E-state index in [0.29, 0.717) is 0 Å². The van der Waals surface area contributed by atoms with Crippen LogP contribution in [-0.2, 0) is 6.54 Å². The minimum absolute atomic E-state index is 0.886. The van der Waals surface area contributed by atoms with E-state index in [1.54, 1.807) is 7.11 Å². The average molecular weight is 312 g/mol. The predicted molar refractivity (Wildman–Crippen MR) is 93.6 cm³/mol. The highest BCUT2D eigenvalue weighted by molar-refractivity contribution is 5.27. The first kappa shape index (κ1) is 15.2. The summed E-state index contributed by atoms with van der Waals surface area (Å²) in [4.78, 5) is 5.28. The van der Waals surface area contributed by atoms with Crippen LogP contribution in [0.2, 0.25) is 0 Å². The lowest BCUT2D eigenvalue weighted by Crippen LogP contribution is -2.47. The van der Waals surface area contributed by atoms with E-state index in [1.807, 2.05) is 0 Å². The molecule has 124 valence electrons. The van der Waals surface area contributed by atoms with E-state index in [1.165, 1.54) is 51.1 Å². The van der Waals surface area contributed by atoms with Crippen molar-refractivity contribution >= 4 is 0 Å². The number of allylic oxidation sites excluding steroid dienone is 2. The number of rotatable bonds is 5. The Hall–Kier alpha value is -1.32. The van der Waals surface area contributed by atoms with Crippen LogP contribution in [-0.4, -0.2) is 49.6 Å². The second-order valence-corrected chi connectivity index (χ2v) is 7.47. The zero-order valence-electron chi connectivity index (χ0n) is 14.2. The SMILES string of the molecule is COc1ccc(CN2CCN(C[C@@H]3C[C@@H]4C=C[C@H]3C4)CC2)cc1. The predicted octanol–water partition coefficient (Wildman–Crippen LogP) is 3.03. The van der Waals surface area contributed by atoms with E-state index in [-0.39, 0.29) is 0 Å². The molecule has 0 unspecified atom stereocenters. The van der Waals surface area contributed by atoms with Crippen LogP contribution in [0.4, 0.5) is 0 Å². The highest BCUT2D eigenvalue weighted by atomic mass is 16.5. The fourth-order valence-corrected chi connectivity index (χ4v) is 4.56. The fraction of sp³-hybridized carbons (Fsp3) is 0.600. The minimum atomic E-state index is 0.886. The Labute approximate surface area is 139 Å². The molecule has 1 saturated carbocycles. The Morgan fingerprint density at radius 3 is 2.30 bits per heavy atom. The summed E-state index contributed by atoms with van der Waals surface area (Å²) in [7, 11) is 1.72. The number of hydrogen-bond acceptors (Lipinski definition) is 3. The third-order valence-corrected chi connectivity index (χ3v) is 5.94. The number of fused-ring (bicyclic) bond motifs is 2. The van der Waals surface area contributed by atoms with Gasteiger partial charge >= 0.3 is 0 Å². The molecule has 23 heavy (non-hydrogen) atoms. The molecular formula is C20H28N2O. The Bertz CT molecular complexity index is 545. The van der Waals surface area contributed by atoms with E-state index < -0.39 is 0 Å². The molecule has 3 nitrogen and oxygen atoms in total. The normalized spacial score (nSPS) is 30.9. The minimum Gasteiger partial charge on any atom is -0.497 e. The molecule has 2 fully saturated rings. The topological polar surface area (TPSA) is 15.7 Å². The quantitative estimate of drug-likeness (QED) is 0.777. The Morgan fingerprint density at radius 1 is 0.957 bits per heavy atom. The number of piperazine rings is 1. The zero-order valence-corrected chi connectivity index (χ0v) is 14.2. The highest BCUT2D eigenvalue weighted by Gasteiger charge is 2.36. The lowest BCUT2D eigenvalue weighted by atomic mass is 9.93. The number of nitrogens with zero attached hydrogens (tertiary/aromatic N) is 2. The number of benzene rings is 1. The van der Waals surface area contributed by atoms with Gasteiger partial charge in [0.2, 0.25) is 0 Å². The molecule has 1 aliphatic heterocycles. The summed E-state index contributed by atoms with van der Waals surface area (Å²) >= 11 is 0. The van der Waals surface area contributed by atoms with Crippen molar-refractivity contribution in [1.29, 1.82) is 0 Å². The lowest BCUT2D eigenvalue weighted by Gasteiger charge is -2.37. The number of methoxy groups -OCH3 is 1. The Balaban J connectivity index is 1.23. The lowest BCUT2D eigenvalue weighted by molar-refractivity contribution is 0.108. The first-order valence-electron chi connectivity index (χ1n) is 9.06. The van der Waals surface area contributed by atoms with Crippen molar-refractivity contribution in [2.24, 2.45) is 17.8 Å². The summed E-state index contributed by atoms with van der Waals surface area (Å²) in [5.74, 6) is 3.66. The van der Waals surface area contributed by atoms with Crippen molar-refractivity contribution in [3.05, 3.63) is 42.0 Å². The zero-order chi connectivity index (χ0) is 15.6. The fourth-order valence-electron chi connectivity index (χ4n) is 4.56. The van der Waals surface area contributed by atoms with Crippen molar-refractivity contribution in [1.82, 2.24) is 9.80 Å². The van der Waals surface area contributed by atoms with E-state index in [9.17, 15) is 0 Å². The van der Waals surface area contributed by atoms with Crippen LogP contribution in [0.1, 0.15) is 18.4 Å². The van der Waals surface area contributed by atoms with E-state index >= 15 is 0 Å². The molecule has 1 aromatic rings. The van der Waals surface area contributed by atoms with Gasteiger partial charge in [0.25, 0.3) is 0 Å². The van der Waals surface area contributed by atoms with Gasteiger partial charge in [-0.1, -0.05) is 24.3 Å². The Kier molecular flexibility index (Phi) is 4.41. The molecule has 3 atom stereocenters. The van der Waals surface area contributed by atoms with Gasteiger partial charge < -0.3 is 9.64 Å². The molecule has 4 rings (SSSR count). The summed E-state index contributed by atoms with van der Waals surface area (Å²) in [6.07, 6.45) is 7.81. The summed E-state index contributed by atoms with van der Waals surface area (Å²) in [5, 5.41) is 0. The second kappa shape index (κ2) is 6.66. The van der Waals surface area contributed by atoms with Gasteiger partial charge in [-0.05, 0) is 48.3 Å². The maximum atomic E-state index is 5.23. The molecule has 1 saturated heterocycles. The molecule has 0 radical (unpaired) electrons. The molecule has 2 aliphatic carbocycles. The van der Waals surface area contributed by atoms with Crippen molar-refractivity contribution in [3.63, 3.8) is 0 Å². The first-order chi connectivity index (χ1) is 11.3. The van der Waals surface area contributed by atoms with Crippen LogP contribution in [0.3, 0.4) is 0 Å². The maximum Gasteiger partial charge on any atom is 0.118 e. The first-order valence-corrected chi connectivity index (χ1v) is 9.06. The van der Waals surface area contributed by atoms with E-state index in [4.69, 9.17) is 4.74 Å². The molecular weight excluding hydrogens is 284 g/mol. The van der Waals surface area contributed by atoms with Gasteiger partial charge in [-0.2, -0.15) is 0 Å². The van der Waals surface area contributed by atoms with E-state index in [0.717, 1.165) is 30.0 Å². The monoisotopic (exact) mass is 312 g/mol. The van der Waals surface area contributed by atoms with Gasteiger partial charge in [0.05, 0.1) is 7.11 Å². The van der Waals surface area contributed by atoms with Crippen LogP contribution >= 0.6 is 0 Å². The molecule has 3 heteroatoms. The van der Waals surface area contributed by atoms with Crippen LogP contribution in [0, 0.1) is 17.8 Å². The summed E-state index contributed by atoms with van der Waals surface area (Å²) in [6.45, 7) is 7.24. The molecule has 0 spiro atoms.